The van der Waals surface area contributed by atoms with Crippen LogP contribution in [-0.4, -0.2) is 32.5 Å². The zero-order valence-corrected chi connectivity index (χ0v) is 23.8. The van der Waals surface area contributed by atoms with Gasteiger partial charge in [0.1, 0.15) is 0 Å². The maximum Gasteiger partial charge on any atom is 0.0702 e. The predicted octanol–water partition coefficient (Wildman–Crippen LogP) is 7.04. The highest BCUT2D eigenvalue weighted by atomic mass is 79.9. The summed E-state index contributed by atoms with van der Waals surface area (Å²) in [6.45, 7) is 4.09. The van der Waals surface area contributed by atoms with E-state index >= 15 is 0 Å². The lowest BCUT2D eigenvalue weighted by molar-refractivity contribution is 1.23. The van der Waals surface area contributed by atoms with Crippen LogP contribution in [0.3, 0.4) is 0 Å². The minimum absolute atomic E-state index is 0. The van der Waals surface area contributed by atoms with Crippen LogP contribution in [0.15, 0.2) is 115 Å². The summed E-state index contributed by atoms with van der Waals surface area (Å²) < 4.78 is 8.69. The van der Waals surface area contributed by atoms with Gasteiger partial charge in [0, 0.05) is 9.65 Å². The van der Waals surface area contributed by atoms with Crippen molar-refractivity contribution in [3.05, 3.63) is 94.7 Å². The van der Waals surface area contributed by atoms with Gasteiger partial charge in [-0.1, -0.05) is 31.9 Å². The summed E-state index contributed by atoms with van der Waals surface area (Å²) in [7, 11) is 0. The summed E-state index contributed by atoms with van der Waals surface area (Å²) in [6, 6.07) is 0.405. The molecular weight excluding hydrogens is 664 g/mol. The molecule has 0 aromatic heterocycles. The van der Waals surface area contributed by atoms with Crippen LogP contribution in [0.4, 0.5) is 0 Å². The van der Waals surface area contributed by atoms with Gasteiger partial charge >= 0.3 is 0 Å². The topological polar surface area (TPSA) is 49.4 Å². The van der Waals surface area contributed by atoms with E-state index in [9.17, 15) is 0 Å². The van der Waals surface area contributed by atoms with Crippen LogP contribution in [0.5, 0.6) is 0 Å². The lowest BCUT2D eigenvalue weighted by Crippen LogP contribution is -2.05. The molecule has 0 saturated carbocycles. The molecule has 0 aliphatic carbocycles. The third-order valence-electron chi connectivity index (χ3n) is 4.97. The highest BCUT2D eigenvalue weighted by molar-refractivity contribution is 9.09. The predicted molar refractivity (Wildman–Crippen MR) is 154 cm³/mol. The SMILES string of the molecule is Br.Br.[2H]C1=C(C(C)Br)C2=NC1=CC1=NC(=CC3=NC(=CC4=NC(=C2)C=C4C(C)Br)C=C3)C=C1. The fourth-order valence-corrected chi connectivity index (χ4v) is 4.28. The second kappa shape index (κ2) is 10.2. The molecule has 0 spiro atoms. The van der Waals surface area contributed by atoms with Crippen molar-refractivity contribution in [3.8, 4) is 0 Å². The Morgan fingerprint density at radius 2 is 1.12 bits per heavy atom. The van der Waals surface area contributed by atoms with Gasteiger partial charge in [0.25, 0.3) is 0 Å². The van der Waals surface area contributed by atoms with Crippen molar-refractivity contribution in [3.63, 3.8) is 0 Å². The van der Waals surface area contributed by atoms with E-state index in [1.807, 2.05) is 55.5 Å². The molecule has 8 heteroatoms. The molecule has 0 aromatic carbocycles. The quantitative estimate of drug-likeness (QED) is 0.281. The lowest BCUT2D eigenvalue weighted by Gasteiger charge is -2.05. The first-order valence-electron chi connectivity index (χ1n) is 10.2. The van der Waals surface area contributed by atoms with Crippen LogP contribution in [0.2, 0.25) is 0 Å². The summed E-state index contributed by atoms with van der Waals surface area (Å²) in [4.78, 5) is 19.1. The van der Waals surface area contributed by atoms with Crippen molar-refractivity contribution >= 4 is 88.7 Å². The van der Waals surface area contributed by atoms with E-state index in [0.29, 0.717) is 11.7 Å². The average Bonchev–Trinajstić information content (AvgIpc) is 3.46. The lowest BCUT2D eigenvalue weighted by atomic mass is 10.1. The first-order valence-corrected chi connectivity index (χ1v) is 11.5. The maximum atomic E-state index is 8.69. The Labute approximate surface area is 226 Å². The number of halogens is 4. The van der Waals surface area contributed by atoms with Gasteiger partial charge in [-0.2, -0.15) is 0 Å². The van der Waals surface area contributed by atoms with Crippen LogP contribution in [0.1, 0.15) is 15.2 Å². The number of fused-ring (bicyclic) bond motifs is 4. The Hall–Kier alpha value is -1.48. The molecule has 0 N–H and O–H groups in total. The fraction of sp³-hybridized carbons (Fsp3) is 0.167. The number of nitrogens with zero attached hydrogens (tertiary/aromatic N) is 4. The summed E-state index contributed by atoms with van der Waals surface area (Å²) in [5.74, 6) is 0. The Balaban J connectivity index is 0.00000153. The molecule has 0 saturated heterocycles. The Morgan fingerprint density at radius 1 is 0.625 bits per heavy atom. The molecule has 2 unspecified atom stereocenters. The standard InChI is InChI=1S/C24H18Br2N4.2BrH/c1-13(25)21-9-19-8-17-4-3-15(27-17)7-16-5-6-18(28-16)11-23-22(14(2)26)10-20(30-23)12-24(21)29-19;;/h3-14H,1-2H3;2*1H/i9D;;. The van der Waals surface area contributed by atoms with Crippen LogP contribution in [0, 0.1) is 0 Å². The van der Waals surface area contributed by atoms with Gasteiger partial charge in [-0.15, -0.1) is 34.0 Å². The Morgan fingerprint density at radius 3 is 1.75 bits per heavy atom. The minimum Gasteiger partial charge on any atom is -0.249 e. The molecule has 5 aliphatic rings. The number of alkyl halides is 2. The first-order chi connectivity index (χ1) is 14.9. The van der Waals surface area contributed by atoms with E-state index in [-0.39, 0.29) is 43.6 Å². The Bertz CT molecular complexity index is 1280. The summed E-state index contributed by atoms with van der Waals surface area (Å²) in [5, 5.41) is 0. The summed E-state index contributed by atoms with van der Waals surface area (Å²) in [6.07, 6.45) is 17.7. The normalized spacial score (nSPS) is 22.8. The largest absolute Gasteiger partial charge is 0.249 e. The van der Waals surface area contributed by atoms with E-state index in [1.165, 1.54) is 0 Å². The Kier molecular flexibility index (Phi) is 7.54. The monoisotopic (exact) mass is 681 g/mol. The van der Waals surface area contributed by atoms with Gasteiger partial charge in [0.15, 0.2) is 0 Å². The van der Waals surface area contributed by atoms with Crippen molar-refractivity contribution < 1.29 is 1.37 Å². The van der Waals surface area contributed by atoms with Gasteiger partial charge < -0.3 is 0 Å². The average molecular weight is 685 g/mol. The number of allylic oxidation sites excluding steroid dienone is 12. The molecule has 0 fully saturated rings. The van der Waals surface area contributed by atoms with Crippen LogP contribution >= 0.6 is 65.8 Å². The smallest absolute Gasteiger partial charge is 0.0702 e. The fourth-order valence-electron chi connectivity index (χ4n) is 3.56. The molecule has 2 atom stereocenters. The third-order valence-corrected chi connectivity index (χ3v) is 5.92. The van der Waals surface area contributed by atoms with E-state index in [4.69, 9.17) is 16.3 Å². The summed E-state index contributed by atoms with van der Waals surface area (Å²) in [5.41, 5.74) is 8.26. The zero-order chi connectivity index (χ0) is 21.7. The van der Waals surface area contributed by atoms with Crippen molar-refractivity contribution in [1.82, 2.24) is 0 Å². The minimum atomic E-state index is -0.0123. The van der Waals surface area contributed by atoms with Crippen molar-refractivity contribution in [2.75, 3.05) is 0 Å². The number of hydrogen-bond donors (Lipinski definition) is 0. The third kappa shape index (κ3) is 5.19. The van der Waals surface area contributed by atoms with E-state index in [1.54, 1.807) is 0 Å². The van der Waals surface area contributed by atoms with Gasteiger partial charge in [-0.25, -0.2) is 20.0 Å². The number of hydrogen-bond acceptors (Lipinski definition) is 4. The van der Waals surface area contributed by atoms with Crippen molar-refractivity contribution in [2.24, 2.45) is 20.0 Å². The van der Waals surface area contributed by atoms with Crippen molar-refractivity contribution in [1.29, 1.82) is 0 Å². The number of aliphatic imine (C=N–C) groups is 4. The molecule has 0 radical (unpaired) electrons. The molecule has 164 valence electrons. The van der Waals surface area contributed by atoms with Crippen molar-refractivity contribution in [2.45, 2.75) is 23.5 Å². The molecule has 0 amide bonds. The van der Waals surface area contributed by atoms with Crippen LogP contribution in [0.25, 0.3) is 0 Å². The van der Waals surface area contributed by atoms with Gasteiger partial charge in [-0.3, -0.25) is 0 Å². The van der Waals surface area contributed by atoms with Gasteiger partial charge in [0.2, 0.25) is 0 Å². The molecule has 5 rings (SSSR count). The van der Waals surface area contributed by atoms with E-state index in [2.05, 4.69) is 49.9 Å². The molecule has 5 heterocycles. The molecule has 32 heavy (non-hydrogen) atoms. The molecule has 0 aromatic rings. The molecule has 4 nitrogen and oxygen atoms in total. The molecular formula is C24H20Br4N4. The molecule has 5 aliphatic heterocycles. The van der Waals surface area contributed by atoms with Crippen LogP contribution in [-0.2, 0) is 0 Å². The van der Waals surface area contributed by atoms with E-state index in [0.717, 1.165) is 51.1 Å². The van der Waals surface area contributed by atoms with Crippen LogP contribution < -0.4 is 0 Å². The van der Waals surface area contributed by atoms with E-state index < -0.39 is 0 Å². The highest BCUT2D eigenvalue weighted by Crippen LogP contribution is 2.30. The van der Waals surface area contributed by atoms with Gasteiger partial charge in [0.05, 0.1) is 47.0 Å². The number of rotatable bonds is 2. The highest BCUT2D eigenvalue weighted by Gasteiger charge is 2.22. The van der Waals surface area contributed by atoms with Gasteiger partial charge in [-0.05, 0) is 85.7 Å². The second-order valence-corrected chi connectivity index (χ2v) is 10.1. The molecule has 8 bridgehead atoms. The second-order valence-electron chi connectivity index (χ2n) is 7.34. The zero-order valence-electron chi connectivity index (χ0n) is 18.2. The maximum absolute atomic E-state index is 8.69. The summed E-state index contributed by atoms with van der Waals surface area (Å²) >= 11 is 7.32. The first kappa shape index (κ1) is 23.7.